The van der Waals surface area contributed by atoms with Gasteiger partial charge in [0.15, 0.2) is 0 Å². The van der Waals surface area contributed by atoms with Gasteiger partial charge in [-0.3, -0.25) is 30.0 Å². The van der Waals surface area contributed by atoms with Gasteiger partial charge in [-0.15, -0.1) is 0 Å². The number of benzene rings is 1. The Morgan fingerprint density at radius 1 is 0.528 bits per heavy atom. The van der Waals surface area contributed by atoms with E-state index in [1.807, 2.05) is 0 Å². The maximum atomic E-state index is 13.6. The first-order valence-corrected chi connectivity index (χ1v) is 12.5. The van der Waals surface area contributed by atoms with Crippen LogP contribution in [-0.4, -0.2) is 18.8 Å². The molecule has 5 aromatic rings. The van der Waals surface area contributed by atoms with E-state index in [9.17, 15) is 19.2 Å². The van der Waals surface area contributed by atoms with Gasteiger partial charge in [0.1, 0.15) is 44.1 Å². The Balaban J connectivity index is 1.70. The summed E-state index contributed by atoms with van der Waals surface area (Å²) in [5.41, 5.74) is -0.414. The molecule has 10 nitrogen and oxygen atoms in total. The number of aryl methyl sites for hydroxylation is 2. The fourth-order valence-electron chi connectivity index (χ4n) is 6.29. The molecule has 2 N–H and O–H groups in total. The van der Waals surface area contributed by atoms with Crippen LogP contribution in [0.3, 0.4) is 0 Å². The monoisotopic (exact) mass is 482 g/mol. The summed E-state index contributed by atoms with van der Waals surface area (Å²) >= 11 is 0. The molecule has 0 aliphatic heterocycles. The second-order valence-corrected chi connectivity index (χ2v) is 9.99. The van der Waals surface area contributed by atoms with Gasteiger partial charge in [-0.05, 0) is 51.4 Å². The predicted octanol–water partition coefficient (Wildman–Crippen LogP) is 0.539. The predicted molar refractivity (Wildman–Crippen MR) is 132 cm³/mol. The van der Waals surface area contributed by atoms with Crippen LogP contribution in [0.4, 0.5) is 0 Å². The minimum Gasteiger partial charge on any atom is -0.287 e. The van der Waals surface area contributed by atoms with Gasteiger partial charge in [0.05, 0.1) is 0 Å². The normalized spacial score (nSPS) is 16.4. The Morgan fingerprint density at radius 3 is 1.28 bits per heavy atom. The van der Waals surface area contributed by atoms with Crippen molar-refractivity contribution in [3.05, 3.63) is 74.4 Å². The van der Waals surface area contributed by atoms with Gasteiger partial charge < -0.3 is 0 Å². The molecule has 0 unspecified atom stereocenters. The molecule has 0 spiro atoms. The number of nitrogens with one attached hydrogen (secondary N) is 2. The van der Waals surface area contributed by atoms with Crippen molar-refractivity contribution in [2.45, 2.75) is 64.2 Å². The number of rotatable bonds is 0. The largest absolute Gasteiger partial charge is 0.287 e. The number of hydrogen-bond donors (Lipinski definition) is 2. The van der Waals surface area contributed by atoms with Crippen LogP contribution in [0.2, 0.25) is 0 Å². The first-order chi connectivity index (χ1) is 17.4. The van der Waals surface area contributed by atoms with Gasteiger partial charge in [0.25, 0.3) is 11.1 Å². The number of fused-ring (bicyclic) bond motifs is 8. The van der Waals surface area contributed by atoms with Crippen molar-refractivity contribution >= 4 is 33.1 Å². The van der Waals surface area contributed by atoms with Crippen LogP contribution in [-0.2, 0) is 25.7 Å². The van der Waals surface area contributed by atoms with Gasteiger partial charge in [0, 0.05) is 22.3 Å². The van der Waals surface area contributed by atoms with Gasteiger partial charge >= 0.3 is 0 Å². The average Bonchev–Trinajstić information content (AvgIpc) is 3.10. The van der Waals surface area contributed by atoms with Crippen LogP contribution in [0.1, 0.15) is 60.8 Å². The topological polar surface area (TPSA) is 151 Å². The molecule has 2 aliphatic rings. The molecule has 1 aromatic carbocycles. The zero-order valence-electron chi connectivity index (χ0n) is 19.5. The maximum Gasteiger partial charge on any atom is 0.271 e. The molecular weight excluding hydrogens is 460 g/mol. The van der Waals surface area contributed by atoms with Crippen molar-refractivity contribution < 1.29 is 0 Å². The zero-order valence-corrected chi connectivity index (χ0v) is 19.5. The summed E-state index contributed by atoms with van der Waals surface area (Å²) < 4.78 is 2.26. The molecule has 0 bridgehead atoms. The first-order valence-electron chi connectivity index (χ1n) is 12.5. The number of aromatic nitrogens is 4. The zero-order chi connectivity index (χ0) is 24.9. The van der Waals surface area contributed by atoms with E-state index in [1.165, 1.54) is 0 Å². The molecule has 0 amide bonds. The Hall–Kier alpha value is -4.08. The number of nitrogens with zero attached hydrogens (tertiary/aromatic N) is 4. The van der Waals surface area contributed by atoms with Crippen LogP contribution in [0.15, 0.2) is 19.2 Å². The summed E-state index contributed by atoms with van der Waals surface area (Å²) in [6.45, 7) is 0. The average molecular weight is 483 g/mol. The lowest BCUT2D eigenvalue weighted by molar-refractivity contribution is 0.705. The molecule has 10 heteroatoms. The van der Waals surface area contributed by atoms with E-state index in [0.717, 1.165) is 69.6 Å². The van der Waals surface area contributed by atoms with Gasteiger partial charge in [-0.1, -0.05) is 12.8 Å². The van der Waals surface area contributed by atoms with Crippen LogP contribution < -0.4 is 33.0 Å². The molecule has 4 heterocycles. The molecule has 0 saturated carbocycles. The van der Waals surface area contributed by atoms with Crippen molar-refractivity contribution in [3.8, 4) is 0 Å². The summed E-state index contributed by atoms with van der Waals surface area (Å²) in [5.74, 6) is 0. The van der Waals surface area contributed by atoms with Gasteiger partial charge in [-0.25, -0.2) is 18.8 Å². The van der Waals surface area contributed by atoms with Crippen LogP contribution >= 0.6 is 0 Å². The summed E-state index contributed by atoms with van der Waals surface area (Å²) in [4.78, 5) is 63.4. The lowest BCUT2D eigenvalue weighted by Crippen LogP contribution is -2.34. The van der Waals surface area contributed by atoms with Crippen molar-refractivity contribution in [3.63, 3.8) is 0 Å². The molecule has 2 aliphatic carbocycles. The third kappa shape index (κ3) is 2.51. The third-order valence-electron chi connectivity index (χ3n) is 8.05. The smallest absolute Gasteiger partial charge is 0.271 e. The van der Waals surface area contributed by atoms with Crippen molar-refractivity contribution in [1.82, 2.24) is 18.8 Å². The quantitative estimate of drug-likeness (QED) is 0.243. The van der Waals surface area contributed by atoms with Gasteiger partial charge in [0.2, 0.25) is 10.9 Å². The molecule has 0 fully saturated rings. The lowest BCUT2D eigenvalue weighted by atomic mass is 10.1. The minimum atomic E-state index is -0.822. The van der Waals surface area contributed by atoms with Crippen LogP contribution in [0.5, 0.6) is 0 Å². The SMILES string of the molecule is N=c1c2c(c3nc4c(=O)c5c(=O)n6c(=N)c7c(c6nc5c(=O)c4c(=O)n13)CCCCC7)CCCCC2. The van der Waals surface area contributed by atoms with E-state index in [2.05, 4.69) is 9.97 Å². The number of hydrogen-bond acceptors (Lipinski definition) is 8. The molecule has 0 saturated heterocycles. The summed E-state index contributed by atoms with van der Waals surface area (Å²) in [6, 6.07) is 0. The highest BCUT2D eigenvalue weighted by Crippen LogP contribution is 2.24. The maximum absolute atomic E-state index is 13.6. The van der Waals surface area contributed by atoms with Crippen molar-refractivity contribution in [1.29, 1.82) is 10.8 Å². The highest BCUT2D eigenvalue weighted by Gasteiger charge is 2.27. The van der Waals surface area contributed by atoms with E-state index in [0.29, 0.717) is 25.7 Å². The van der Waals surface area contributed by atoms with E-state index in [-0.39, 0.29) is 33.3 Å². The molecule has 36 heavy (non-hydrogen) atoms. The Morgan fingerprint density at radius 2 is 0.889 bits per heavy atom. The fourth-order valence-corrected chi connectivity index (χ4v) is 6.29. The molecule has 0 atom stereocenters. The lowest BCUT2D eigenvalue weighted by Gasteiger charge is -2.04. The second kappa shape index (κ2) is 7.22. The summed E-state index contributed by atoms with van der Waals surface area (Å²) in [7, 11) is 0. The minimum absolute atomic E-state index is 0.0110. The van der Waals surface area contributed by atoms with Gasteiger partial charge in [-0.2, -0.15) is 0 Å². The van der Waals surface area contributed by atoms with E-state index >= 15 is 0 Å². The third-order valence-corrected chi connectivity index (χ3v) is 8.05. The molecule has 7 rings (SSSR count). The first kappa shape index (κ1) is 21.2. The van der Waals surface area contributed by atoms with E-state index in [1.54, 1.807) is 0 Å². The summed E-state index contributed by atoms with van der Waals surface area (Å²) in [5, 5.41) is 16.4. The second-order valence-electron chi connectivity index (χ2n) is 9.99. The highest BCUT2D eigenvalue weighted by molar-refractivity contribution is 5.95. The molecular formula is C26H22N6O4. The highest BCUT2D eigenvalue weighted by atomic mass is 16.2. The van der Waals surface area contributed by atoms with E-state index < -0.39 is 32.7 Å². The Bertz CT molecular complexity index is 1980. The Kier molecular flexibility index (Phi) is 4.26. The van der Waals surface area contributed by atoms with Crippen molar-refractivity contribution in [2.24, 2.45) is 0 Å². The standard InChI is InChI=1S/C26H22N6O4/c27-21-11-7-3-1-5-9-13(11)23-29-17-15(25(35)31(21)23)20(34)18-16(19(17)33)26(36)32-22(28)12-8-4-2-6-10-14(12)24(32)30-18/h27-28H,1-10H2. The molecule has 0 radical (unpaired) electrons. The summed E-state index contributed by atoms with van der Waals surface area (Å²) in [6.07, 6.45) is 8.08. The van der Waals surface area contributed by atoms with Crippen LogP contribution in [0, 0.1) is 10.8 Å². The Labute approximate surface area is 201 Å². The molecule has 4 aromatic heterocycles. The molecule has 180 valence electrons. The van der Waals surface area contributed by atoms with Crippen molar-refractivity contribution in [2.75, 3.05) is 0 Å². The fraction of sp³-hybridized carbons (Fsp3) is 0.385. The van der Waals surface area contributed by atoms with E-state index in [4.69, 9.17) is 10.8 Å². The van der Waals surface area contributed by atoms with Crippen LogP contribution in [0.25, 0.3) is 33.1 Å².